The van der Waals surface area contributed by atoms with Crippen LogP contribution in [0.15, 0.2) is 30.5 Å². The number of carbonyl (C=O) groups is 2. The first-order valence-corrected chi connectivity index (χ1v) is 7.24. The molecule has 0 radical (unpaired) electrons. The van der Waals surface area contributed by atoms with Crippen LogP contribution in [0.1, 0.15) is 37.9 Å². The van der Waals surface area contributed by atoms with Crippen molar-refractivity contribution >= 4 is 18.1 Å². The van der Waals surface area contributed by atoms with Crippen LogP contribution >= 0.6 is 0 Å². The molecule has 1 heterocycles. The topological polar surface area (TPSA) is 55.8 Å². The van der Waals surface area contributed by atoms with Gasteiger partial charge in [-0.15, -0.1) is 0 Å². The first-order chi connectivity index (χ1) is 10.4. The summed E-state index contributed by atoms with van der Waals surface area (Å²) in [5.41, 5.74) is 0.959. The van der Waals surface area contributed by atoms with E-state index < -0.39 is 17.6 Å². The highest BCUT2D eigenvalue weighted by atomic mass is 16.6. The number of ether oxygens (including phenoxy) is 2. The Morgan fingerprint density at radius 3 is 2.59 bits per heavy atom. The first-order valence-electron chi connectivity index (χ1n) is 7.24. The van der Waals surface area contributed by atoms with Crippen LogP contribution in [0.25, 0.3) is 6.08 Å². The maximum atomic E-state index is 12.3. The summed E-state index contributed by atoms with van der Waals surface area (Å²) < 4.78 is 10.0. The molecule has 1 unspecified atom stereocenters. The van der Waals surface area contributed by atoms with Crippen LogP contribution in [-0.4, -0.2) is 30.7 Å². The number of carbonyl (C=O) groups excluding carboxylic acids is 2. The van der Waals surface area contributed by atoms with Crippen LogP contribution < -0.4 is 0 Å². The first kappa shape index (κ1) is 16.1. The van der Waals surface area contributed by atoms with Crippen LogP contribution in [0.2, 0.25) is 0 Å². The Labute approximate surface area is 130 Å². The average Bonchev–Trinajstić information content (AvgIpc) is 2.52. The zero-order valence-electron chi connectivity index (χ0n) is 13.3. The summed E-state index contributed by atoms with van der Waals surface area (Å²) in [6.45, 7) is 5.56. The van der Waals surface area contributed by atoms with Gasteiger partial charge in [-0.2, -0.15) is 0 Å². The molecule has 1 aromatic rings. The zero-order valence-corrected chi connectivity index (χ0v) is 13.3. The number of rotatable bonds is 3. The van der Waals surface area contributed by atoms with Gasteiger partial charge >= 0.3 is 12.1 Å². The molecule has 0 spiro atoms. The third-order valence-corrected chi connectivity index (χ3v) is 3.86. The monoisotopic (exact) mass is 303 g/mol. The fourth-order valence-electron chi connectivity index (χ4n) is 2.78. The lowest BCUT2D eigenvalue weighted by molar-refractivity contribution is -0.154. The maximum absolute atomic E-state index is 12.3. The van der Waals surface area contributed by atoms with Crippen molar-refractivity contribution in [3.8, 4) is 0 Å². The molecule has 5 nitrogen and oxygen atoms in total. The third kappa shape index (κ3) is 2.71. The van der Waals surface area contributed by atoms with Gasteiger partial charge < -0.3 is 9.47 Å². The Morgan fingerprint density at radius 2 is 1.95 bits per heavy atom. The van der Waals surface area contributed by atoms with E-state index in [1.54, 1.807) is 27.0 Å². The van der Waals surface area contributed by atoms with Crippen molar-refractivity contribution in [3.05, 3.63) is 41.6 Å². The molecular formula is C17H21NO4. The van der Waals surface area contributed by atoms with E-state index in [-0.39, 0.29) is 12.6 Å². The van der Waals surface area contributed by atoms with Crippen molar-refractivity contribution in [2.45, 2.75) is 26.8 Å². The van der Waals surface area contributed by atoms with E-state index in [0.717, 1.165) is 11.1 Å². The number of fused-ring (bicyclic) bond motifs is 1. The lowest BCUT2D eigenvalue weighted by Crippen LogP contribution is -2.45. The second-order valence-corrected chi connectivity index (χ2v) is 5.67. The van der Waals surface area contributed by atoms with Gasteiger partial charge in [0, 0.05) is 6.20 Å². The van der Waals surface area contributed by atoms with Gasteiger partial charge in [0.2, 0.25) is 0 Å². The van der Waals surface area contributed by atoms with Crippen molar-refractivity contribution in [1.29, 1.82) is 0 Å². The quantitative estimate of drug-likeness (QED) is 0.803. The van der Waals surface area contributed by atoms with Crippen LogP contribution in [0, 0.1) is 5.41 Å². The Balaban J connectivity index is 2.53. The normalized spacial score (nSPS) is 16.9. The molecule has 0 N–H and O–H groups in total. The lowest BCUT2D eigenvalue weighted by Gasteiger charge is -2.40. The van der Waals surface area contributed by atoms with Crippen molar-refractivity contribution < 1.29 is 19.1 Å². The number of hydrogen-bond acceptors (Lipinski definition) is 4. The molecule has 0 aromatic heterocycles. The standard InChI is InChI=1S/C17H21NO4/c1-5-22-16(20)18-11-10-12-8-6-7-9-13(12)14(18)17(2,3)15(19)21-4/h6-11,14H,5H2,1-4H3. The summed E-state index contributed by atoms with van der Waals surface area (Å²) in [5.74, 6) is -0.378. The summed E-state index contributed by atoms with van der Waals surface area (Å²) in [6.07, 6.45) is 3.03. The summed E-state index contributed by atoms with van der Waals surface area (Å²) in [4.78, 5) is 26.0. The van der Waals surface area contributed by atoms with E-state index in [0.29, 0.717) is 0 Å². The van der Waals surface area contributed by atoms with Gasteiger partial charge in [0.05, 0.1) is 25.2 Å². The zero-order chi connectivity index (χ0) is 16.3. The van der Waals surface area contributed by atoms with E-state index in [1.165, 1.54) is 12.0 Å². The van der Waals surface area contributed by atoms with Crippen molar-refractivity contribution in [2.75, 3.05) is 13.7 Å². The predicted octanol–water partition coefficient (Wildman–Crippen LogP) is 3.37. The molecule has 0 bridgehead atoms. The van der Waals surface area contributed by atoms with Gasteiger partial charge in [-0.1, -0.05) is 24.3 Å². The van der Waals surface area contributed by atoms with Gasteiger partial charge in [-0.3, -0.25) is 9.69 Å². The van der Waals surface area contributed by atoms with Gasteiger partial charge in [-0.25, -0.2) is 4.79 Å². The fourth-order valence-corrected chi connectivity index (χ4v) is 2.78. The smallest absolute Gasteiger partial charge is 0.414 e. The minimum absolute atomic E-state index is 0.274. The number of hydrogen-bond donors (Lipinski definition) is 0. The second kappa shape index (κ2) is 6.22. The van der Waals surface area contributed by atoms with Gasteiger partial charge in [0.15, 0.2) is 0 Å². The molecule has 0 saturated carbocycles. The molecule has 1 aliphatic rings. The largest absolute Gasteiger partial charge is 0.469 e. The molecule has 1 aliphatic heterocycles. The van der Waals surface area contributed by atoms with Crippen molar-refractivity contribution in [1.82, 2.24) is 4.90 Å². The van der Waals surface area contributed by atoms with Crippen LogP contribution in [-0.2, 0) is 14.3 Å². The average molecular weight is 303 g/mol. The molecule has 0 fully saturated rings. The van der Waals surface area contributed by atoms with Crippen LogP contribution in [0.5, 0.6) is 0 Å². The third-order valence-electron chi connectivity index (χ3n) is 3.86. The van der Waals surface area contributed by atoms with Gasteiger partial charge in [0.25, 0.3) is 0 Å². The molecule has 0 aliphatic carbocycles. The number of amides is 1. The number of methoxy groups -OCH3 is 1. The molecule has 2 rings (SSSR count). The molecule has 1 amide bonds. The Bertz CT molecular complexity index is 606. The van der Waals surface area contributed by atoms with Crippen LogP contribution in [0.3, 0.4) is 0 Å². The van der Waals surface area contributed by atoms with Crippen LogP contribution in [0.4, 0.5) is 4.79 Å². The minimum Gasteiger partial charge on any atom is -0.469 e. The summed E-state index contributed by atoms with van der Waals surface area (Å²) >= 11 is 0. The second-order valence-electron chi connectivity index (χ2n) is 5.67. The Hall–Kier alpha value is -2.30. The number of esters is 1. The SMILES string of the molecule is CCOC(=O)N1C=Cc2ccccc2C1C(C)(C)C(=O)OC. The van der Waals surface area contributed by atoms with Crippen molar-refractivity contribution in [2.24, 2.45) is 5.41 Å². The fraction of sp³-hybridized carbons (Fsp3) is 0.412. The Morgan fingerprint density at radius 1 is 1.27 bits per heavy atom. The van der Waals surface area contributed by atoms with E-state index in [4.69, 9.17) is 9.47 Å². The van der Waals surface area contributed by atoms with E-state index >= 15 is 0 Å². The van der Waals surface area contributed by atoms with Gasteiger partial charge in [0.1, 0.15) is 0 Å². The molecule has 118 valence electrons. The summed E-state index contributed by atoms with van der Waals surface area (Å²) in [5, 5.41) is 0. The Kier molecular flexibility index (Phi) is 4.54. The summed E-state index contributed by atoms with van der Waals surface area (Å²) in [7, 11) is 1.35. The van der Waals surface area contributed by atoms with E-state index in [1.807, 2.05) is 30.3 Å². The molecule has 0 saturated heterocycles. The number of nitrogens with zero attached hydrogens (tertiary/aromatic N) is 1. The van der Waals surface area contributed by atoms with Crippen molar-refractivity contribution in [3.63, 3.8) is 0 Å². The maximum Gasteiger partial charge on any atom is 0.414 e. The van der Waals surface area contributed by atoms with E-state index in [9.17, 15) is 9.59 Å². The molecular weight excluding hydrogens is 282 g/mol. The van der Waals surface area contributed by atoms with Gasteiger partial charge in [-0.05, 0) is 38.0 Å². The minimum atomic E-state index is -0.914. The molecule has 22 heavy (non-hydrogen) atoms. The molecule has 1 aromatic carbocycles. The highest BCUT2D eigenvalue weighted by Crippen LogP contribution is 2.43. The summed E-state index contributed by atoms with van der Waals surface area (Å²) in [6, 6.07) is 7.20. The highest BCUT2D eigenvalue weighted by molar-refractivity contribution is 5.81. The van der Waals surface area contributed by atoms with E-state index in [2.05, 4.69) is 0 Å². The lowest BCUT2D eigenvalue weighted by atomic mass is 9.77. The number of benzene rings is 1. The molecule has 1 atom stereocenters. The highest BCUT2D eigenvalue weighted by Gasteiger charge is 2.45. The molecule has 5 heteroatoms. The predicted molar refractivity (Wildman–Crippen MR) is 82.9 cm³/mol.